The summed E-state index contributed by atoms with van der Waals surface area (Å²) in [7, 11) is -0.568. The maximum atomic E-state index is 12.3. The summed E-state index contributed by atoms with van der Waals surface area (Å²) in [5, 5.41) is 4.39. The monoisotopic (exact) mass is 494 g/mol. The van der Waals surface area contributed by atoms with Crippen molar-refractivity contribution in [3.63, 3.8) is 0 Å². The molecular weight excluding hydrogens is 480 g/mol. The van der Waals surface area contributed by atoms with Gasteiger partial charge in [0, 0.05) is 24.1 Å². The molecule has 0 spiro atoms. The summed E-state index contributed by atoms with van der Waals surface area (Å²) < 4.78 is 37.6. The van der Waals surface area contributed by atoms with E-state index >= 15 is 0 Å². The third-order valence-corrected chi connectivity index (χ3v) is 7.11. The van der Waals surface area contributed by atoms with Crippen molar-refractivity contribution in [2.75, 3.05) is 14.1 Å². The number of aromatic nitrogens is 3. The average Bonchev–Trinajstić information content (AvgIpc) is 3.32. The van der Waals surface area contributed by atoms with Gasteiger partial charge in [0.1, 0.15) is 5.52 Å². The largest absolute Gasteiger partial charge is 0.431 e. The zero-order valence-corrected chi connectivity index (χ0v) is 18.6. The van der Waals surface area contributed by atoms with Gasteiger partial charge in [-0.1, -0.05) is 45.0 Å². The quantitative estimate of drug-likeness (QED) is 0.367. The molecule has 4 rings (SSSR count). The Morgan fingerprint density at radius 2 is 1.97 bits per heavy atom. The molecule has 8 nitrogen and oxygen atoms in total. The molecule has 0 N–H and O–H groups in total. The number of hydrogen-bond donors (Lipinski definition) is 0. The minimum absolute atomic E-state index is 0.162. The van der Waals surface area contributed by atoms with E-state index in [0.29, 0.717) is 33.8 Å². The van der Waals surface area contributed by atoms with Crippen molar-refractivity contribution in [2.45, 2.75) is 15.9 Å². The summed E-state index contributed by atoms with van der Waals surface area (Å²) in [6.45, 7) is 0. The third-order valence-electron chi connectivity index (χ3n) is 3.99. The van der Waals surface area contributed by atoms with E-state index in [1.54, 1.807) is 6.07 Å². The molecule has 0 fully saturated rings. The maximum absolute atomic E-state index is 12.3. The summed E-state index contributed by atoms with van der Waals surface area (Å²) in [4.78, 5) is 8.90. The van der Waals surface area contributed by atoms with E-state index in [4.69, 9.17) is 8.94 Å². The first kappa shape index (κ1) is 20.1. The second-order valence-corrected chi connectivity index (χ2v) is 10.2. The van der Waals surface area contributed by atoms with E-state index < -0.39 is 10.0 Å². The highest BCUT2D eigenvalue weighted by molar-refractivity contribution is 9.10. The lowest BCUT2D eigenvalue weighted by molar-refractivity contribution is 0.391. The van der Waals surface area contributed by atoms with E-state index in [1.807, 2.05) is 24.3 Å². The highest BCUT2D eigenvalue weighted by Gasteiger charge is 2.19. The van der Waals surface area contributed by atoms with E-state index in [2.05, 4.69) is 31.1 Å². The van der Waals surface area contributed by atoms with Gasteiger partial charge in [-0.25, -0.2) is 17.7 Å². The summed E-state index contributed by atoms with van der Waals surface area (Å²) >= 11 is 4.71. The van der Waals surface area contributed by atoms with Crippen LogP contribution in [0.25, 0.3) is 22.5 Å². The molecule has 4 aromatic rings. The summed E-state index contributed by atoms with van der Waals surface area (Å²) in [5.74, 6) is 1.30. The lowest BCUT2D eigenvalue weighted by Gasteiger charge is -2.10. The Morgan fingerprint density at radius 3 is 2.72 bits per heavy atom. The summed E-state index contributed by atoms with van der Waals surface area (Å²) in [6, 6.07) is 12.2. The molecule has 0 aliphatic heterocycles. The van der Waals surface area contributed by atoms with Crippen LogP contribution in [0.1, 0.15) is 5.89 Å². The predicted molar refractivity (Wildman–Crippen MR) is 112 cm³/mol. The molecule has 0 atom stereocenters. The number of hydrogen-bond acceptors (Lipinski definition) is 8. The van der Waals surface area contributed by atoms with Crippen LogP contribution in [0.4, 0.5) is 0 Å². The van der Waals surface area contributed by atoms with Crippen molar-refractivity contribution in [3.05, 3.63) is 52.8 Å². The van der Waals surface area contributed by atoms with Gasteiger partial charge in [0.05, 0.1) is 10.6 Å². The number of sulfonamides is 1. The molecule has 29 heavy (non-hydrogen) atoms. The number of nitrogens with zero attached hydrogens (tertiary/aromatic N) is 4. The maximum Gasteiger partial charge on any atom is 0.257 e. The molecule has 0 aliphatic rings. The molecule has 0 saturated heterocycles. The standard InChI is InChI=1S/C18H15BrN4O4S2/c1-23(2)29(24,25)13-6-7-15-14(9-13)20-18(26-15)28-10-16-21-17(22-27-16)11-4-3-5-12(19)8-11/h3-9H,10H2,1-2H3. The molecule has 2 aromatic heterocycles. The minimum Gasteiger partial charge on any atom is -0.431 e. The summed E-state index contributed by atoms with van der Waals surface area (Å²) in [5.41, 5.74) is 1.82. The van der Waals surface area contributed by atoms with Crippen molar-refractivity contribution in [2.24, 2.45) is 0 Å². The van der Waals surface area contributed by atoms with Crippen LogP contribution in [0.3, 0.4) is 0 Å². The molecule has 0 aliphatic carbocycles. The van der Waals surface area contributed by atoms with Gasteiger partial charge >= 0.3 is 0 Å². The summed E-state index contributed by atoms with van der Waals surface area (Å²) in [6.07, 6.45) is 0. The zero-order chi connectivity index (χ0) is 20.6. The number of rotatable bonds is 6. The topological polar surface area (TPSA) is 102 Å². The van der Waals surface area contributed by atoms with Crippen LogP contribution in [0.15, 0.2) is 66.0 Å². The molecule has 0 bridgehead atoms. The molecule has 0 saturated carbocycles. The highest BCUT2D eigenvalue weighted by atomic mass is 79.9. The lowest BCUT2D eigenvalue weighted by atomic mass is 10.2. The highest BCUT2D eigenvalue weighted by Crippen LogP contribution is 2.28. The third kappa shape index (κ3) is 4.22. The number of fused-ring (bicyclic) bond motifs is 1. The van der Waals surface area contributed by atoms with Crippen molar-refractivity contribution in [1.29, 1.82) is 0 Å². The number of oxazole rings is 1. The van der Waals surface area contributed by atoms with Crippen LogP contribution < -0.4 is 0 Å². The second kappa shape index (κ2) is 7.90. The Balaban J connectivity index is 1.50. The van der Waals surface area contributed by atoms with Crippen LogP contribution in [-0.4, -0.2) is 41.9 Å². The fourth-order valence-corrected chi connectivity index (χ4v) is 4.50. The molecule has 2 heterocycles. The molecule has 0 unspecified atom stereocenters. The second-order valence-electron chi connectivity index (χ2n) is 6.21. The Bertz CT molecular complexity index is 1280. The van der Waals surface area contributed by atoms with Gasteiger partial charge in [-0.15, -0.1) is 0 Å². The van der Waals surface area contributed by atoms with Crippen molar-refractivity contribution in [3.8, 4) is 11.4 Å². The van der Waals surface area contributed by atoms with Gasteiger partial charge in [0.25, 0.3) is 5.22 Å². The average molecular weight is 495 g/mol. The van der Waals surface area contributed by atoms with Gasteiger partial charge in [0.15, 0.2) is 5.58 Å². The Hall–Kier alpha value is -2.21. The first-order valence-electron chi connectivity index (χ1n) is 8.37. The van der Waals surface area contributed by atoms with Crippen LogP contribution in [-0.2, 0) is 15.8 Å². The number of benzene rings is 2. The van der Waals surface area contributed by atoms with Crippen LogP contribution >= 0.6 is 27.7 Å². The van der Waals surface area contributed by atoms with E-state index in [1.165, 1.54) is 38.0 Å². The molecule has 2 aromatic carbocycles. The predicted octanol–water partition coefficient (Wildman–Crippen LogP) is 4.18. The normalized spacial score (nSPS) is 12.1. The van der Waals surface area contributed by atoms with Gasteiger partial charge in [0.2, 0.25) is 21.7 Å². The van der Waals surface area contributed by atoms with E-state index in [9.17, 15) is 8.42 Å². The Morgan fingerprint density at radius 1 is 1.14 bits per heavy atom. The smallest absolute Gasteiger partial charge is 0.257 e. The SMILES string of the molecule is CN(C)S(=O)(=O)c1ccc2oc(SCc3nc(-c4cccc(Br)c4)no3)nc2c1. The van der Waals surface area contributed by atoms with Crippen LogP contribution in [0.5, 0.6) is 0 Å². The number of thioether (sulfide) groups is 1. The molecular formula is C18H15BrN4O4S2. The first-order valence-corrected chi connectivity index (χ1v) is 11.6. The zero-order valence-electron chi connectivity index (χ0n) is 15.4. The van der Waals surface area contributed by atoms with Gasteiger partial charge < -0.3 is 8.94 Å². The van der Waals surface area contributed by atoms with Gasteiger partial charge in [-0.3, -0.25) is 0 Å². The van der Waals surface area contributed by atoms with Crippen LogP contribution in [0.2, 0.25) is 0 Å². The van der Waals surface area contributed by atoms with E-state index in [0.717, 1.165) is 14.3 Å². The molecule has 0 radical (unpaired) electrons. The van der Waals surface area contributed by atoms with Gasteiger partial charge in [-0.05, 0) is 30.3 Å². The van der Waals surface area contributed by atoms with Crippen molar-refractivity contribution < 1.29 is 17.4 Å². The number of halogens is 1. The van der Waals surface area contributed by atoms with E-state index in [-0.39, 0.29) is 4.90 Å². The van der Waals surface area contributed by atoms with Crippen molar-refractivity contribution >= 4 is 48.8 Å². The fraction of sp³-hybridized carbons (Fsp3) is 0.167. The Labute approximate surface area is 179 Å². The molecule has 0 amide bonds. The minimum atomic E-state index is -3.53. The molecule has 11 heteroatoms. The Kier molecular flexibility index (Phi) is 5.47. The lowest BCUT2D eigenvalue weighted by Crippen LogP contribution is -2.22. The van der Waals surface area contributed by atoms with Gasteiger partial charge in [-0.2, -0.15) is 4.98 Å². The van der Waals surface area contributed by atoms with Crippen LogP contribution in [0, 0.1) is 0 Å². The first-order chi connectivity index (χ1) is 13.8. The van der Waals surface area contributed by atoms with Crippen molar-refractivity contribution in [1.82, 2.24) is 19.4 Å². The fourth-order valence-electron chi connectivity index (χ4n) is 2.50. The molecule has 150 valence electrons.